The molecule has 116 valence electrons. The lowest BCUT2D eigenvalue weighted by Crippen LogP contribution is -2.17. The van der Waals surface area contributed by atoms with Gasteiger partial charge in [-0.15, -0.1) is 0 Å². The number of anilines is 1. The molecule has 0 saturated heterocycles. The molecule has 1 amide bonds. The predicted molar refractivity (Wildman–Crippen MR) is 87.2 cm³/mol. The smallest absolute Gasteiger partial charge is 0.277 e. The fourth-order valence-electron chi connectivity index (χ4n) is 2.35. The molecule has 0 fully saturated rings. The highest BCUT2D eigenvalue weighted by atomic mass is 16.2. The third-order valence-electron chi connectivity index (χ3n) is 3.35. The average Bonchev–Trinajstić information content (AvgIpc) is 2.87. The van der Waals surface area contributed by atoms with E-state index in [-0.39, 0.29) is 11.6 Å². The van der Waals surface area contributed by atoms with Crippen LogP contribution in [0.1, 0.15) is 27.3 Å². The molecule has 1 aromatic carbocycles. The summed E-state index contributed by atoms with van der Waals surface area (Å²) in [5.41, 5.74) is 3.43. The van der Waals surface area contributed by atoms with Gasteiger partial charge in [0.2, 0.25) is 0 Å². The first kappa shape index (κ1) is 14.9. The summed E-state index contributed by atoms with van der Waals surface area (Å²) < 4.78 is 1.78. The summed E-state index contributed by atoms with van der Waals surface area (Å²) in [7, 11) is 0. The maximum atomic E-state index is 12.2. The van der Waals surface area contributed by atoms with Crippen molar-refractivity contribution in [3.63, 3.8) is 0 Å². The van der Waals surface area contributed by atoms with Crippen LogP contribution in [0.2, 0.25) is 0 Å². The van der Waals surface area contributed by atoms with Gasteiger partial charge >= 0.3 is 0 Å². The van der Waals surface area contributed by atoms with E-state index in [1.807, 2.05) is 25.1 Å². The van der Waals surface area contributed by atoms with Crippen molar-refractivity contribution in [2.75, 3.05) is 5.32 Å². The van der Waals surface area contributed by atoms with Gasteiger partial charge in [-0.05, 0) is 19.4 Å². The van der Waals surface area contributed by atoms with Crippen LogP contribution in [-0.2, 0) is 6.54 Å². The second-order valence-corrected chi connectivity index (χ2v) is 5.36. The lowest BCUT2D eigenvalue weighted by Gasteiger charge is -2.09. The molecule has 23 heavy (non-hydrogen) atoms. The molecular formula is C17H17N5O. The molecule has 0 spiro atoms. The number of nitrogens with one attached hydrogen (secondary N) is 1. The molecule has 0 aliphatic rings. The first-order valence-corrected chi connectivity index (χ1v) is 7.29. The third-order valence-corrected chi connectivity index (χ3v) is 3.35. The number of aryl methyl sites for hydroxylation is 2. The van der Waals surface area contributed by atoms with Crippen LogP contribution < -0.4 is 5.32 Å². The maximum absolute atomic E-state index is 12.2. The lowest BCUT2D eigenvalue weighted by atomic mass is 10.1. The third kappa shape index (κ3) is 3.60. The Labute approximate surface area is 134 Å². The van der Waals surface area contributed by atoms with Crippen molar-refractivity contribution in [2.45, 2.75) is 20.4 Å². The maximum Gasteiger partial charge on any atom is 0.277 e. The summed E-state index contributed by atoms with van der Waals surface area (Å²) in [5.74, 6) is 0.336. The van der Waals surface area contributed by atoms with E-state index in [0.717, 1.165) is 11.3 Å². The number of carbonyl (C=O) groups is 1. The summed E-state index contributed by atoms with van der Waals surface area (Å²) >= 11 is 0. The topological polar surface area (TPSA) is 72.7 Å². The van der Waals surface area contributed by atoms with Crippen LogP contribution in [0.5, 0.6) is 0 Å². The minimum absolute atomic E-state index is 0.272. The van der Waals surface area contributed by atoms with Crippen LogP contribution >= 0.6 is 0 Å². The van der Waals surface area contributed by atoms with Gasteiger partial charge in [-0.2, -0.15) is 5.10 Å². The van der Waals surface area contributed by atoms with Crippen molar-refractivity contribution < 1.29 is 4.79 Å². The van der Waals surface area contributed by atoms with Crippen molar-refractivity contribution in [3.8, 4) is 0 Å². The van der Waals surface area contributed by atoms with Gasteiger partial charge in [0.15, 0.2) is 0 Å². The highest BCUT2D eigenvalue weighted by molar-refractivity contribution is 6.02. The van der Waals surface area contributed by atoms with Crippen LogP contribution in [0.4, 0.5) is 5.82 Å². The summed E-state index contributed by atoms with van der Waals surface area (Å²) in [6.07, 6.45) is 4.45. The largest absolute Gasteiger partial charge is 0.305 e. The molecule has 2 aromatic heterocycles. The van der Waals surface area contributed by atoms with E-state index < -0.39 is 0 Å². The number of nitrogens with zero attached hydrogens (tertiary/aromatic N) is 4. The van der Waals surface area contributed by atoms with E-state index in [0.29, 0.717) is 12.4 Å². The van der Waals surface area contributed by atoms with Crippen LogP contribution in [0.3, 0.4) is 0 Å². The van der Waals surface area contributed by atoms with Gasteiger partial charge in [0, 0.05) is 18.5 Å². The second-order valence-electron chi connectivity index (χ2n) is 5.36. The predicted octanol–water partition coefficient (Wildman–Crippen LogP) is 2.59. The Balaban J connectivity index is 1.82. The van der Waals surface area contributed by atoms with E-state index in [1.165, 1.54) is 24.2 Å². The van der Waals surface area contributed by atoms with Gasteiger partial charge in [0.1, 0.15) is 11.5 Å². The van der Waals surface area contributed by atoms with Gasteiger partial charge in [-0.3, -0.25) is 9.78 Å². The SMILES string of the molecule is Cc1cccc(Cn2nc(C)cc2NC(=O)c2cnccn2)c1. The molecular weight excluding hydrogens is 290 g/mol. The average molecular weight is 307 g/mol. The van der Waals surface area contributed by atoms with E-state index in [9.17, 15) is 4.79 Å². The highest BCUT2D eigenvalue weighted by Crippen LogP contribution is 2.14. The van der Waals surface area contributed by atoms with Crippen LogP contribution in [-0.4, -0.2) is 25.7 Å². The molecule has 3 rings (SSSR count). The number of benzene rings is 1. The molecule has 6 nitrogen and oxygen atoms in total. The van der Waals surface area contributed by atoms with E-state index >= 15 is 0 Å². The molecule has 1 N–H and O–H groups in total. The fourth-order valence-corrected chi connectivity index (χ4v) is 2.35. The molecule has 2 heterocycles. The number of hydrogen-bond acceptors (Lipinski definition) is 4. The first-order chi connectivity index (χ1) is 11.1. The van der Waals surface area contributed by atoms with Crippen molar-refractivity contribution in [1.29, 1.82) is 0 Å². The molecule has 0 aliphatic carbocycles. The van der Waals surface area contributed by atoms with Gasteiger partial charge < -0.3 is 5.32 Å². The number of carbonyl (C=O) groups excluding carboxylic acids is 1. The zero-order valence-electron chi connectivity index (χ0n) is 13.0. The summed E-state index contributed by atoms with van der Waals surface area (Å²) in [4.78, 5) is 20.1. The Morgan fingerprint density at radius 3 is 2.83 bits per heavy atom. The Morgan fingerprint density at radius 1 is 1.22 bits per heavy atom. The lowest BCUT2D eigenvalue weighted by molar-refractivity contribution is 0.102. The summed E-state index contributed by atoms with van der Waals surface area (Å²) in [5, 5.41) is 7.29. The van der Waals surface area contributed by atoms with Crippen LogP contribution in [0, 0.1) is 13.8 Å². The Morgan fingerprint density at radius 2 is 2.09 bits per heavy atom. The number of amides is 1. The summed E-state index contributed by atoms with van der Waals surface area (Å²) in [6.45, 7) is 4.53. The van der Waals surface area contributed by atoms with E-state index in [1.54, 1.807) is 4.68 Å². The molecule has 0 saturated carbocycles. The first-order valence-electron chi connectivity index (χ1n) is 7.29. The van der Waals surface area contributed by atoms with Gasteiger partial charge in [0.05, 0.1) is 18.4 Å². The van der Waals surface area contributed by atoms with E-state index in [2.05, 4.69) is 39.4 Å². The Hall–Kier alpha value is -3.02. The normalized spacial score (nSPS) is 10.5. The summed E-state index contributed by atoms with van der Waals surface area (Å²) in [6, 6.07) is 10.0. The molecule has 6 heteroatoms. The number of aromatic nitrogens is 4. The van der Waals surface area contributed by atoms with Crippen LogP contribution in [0.25, 0.3) is 0 Å². The zero-order chi connectivity index (χ0) is 16.2. The molecule has 3 aromatic rings. The molecule has 0 atom stereocenters. The van der Waals surface area contributed by atoms with Crippen LogP contribution in [0.15, 0.2) is 48.9 Å². The highest BCUT2D eigenvalue weighted by Gasteiger charge is 2.12. The monoisotopic (exact) mass is 307 g/mol. The minimum Gasteiger partial charge on any atom is -0.305 e. The van der Waals surface area contributed by atoms with Crippen molar-refractivity contribution >= 4 is 11.7 Å². The number of rotatable bonds is 4. The van der Waals surface area contributed by atoms with Gasteiger partial charge in [0.25, 0.3) is 5.91 Å². The van der Waals surface area contributed by atoms with Crippen molar-refractivity contribution in [2.24, 2.45) is 0 Å². The molecule has 0 aliphatic heterocycles. The van der Waals surface area contributed by atoms with Gasteiger partial charge in [-0.1, -0.05) is 29.8 Å². The standard InChI is InChI=1S/C17H17N5O/c1-12-4-3-5-14(8-12)11-22-16(9-13(2)21-22)20-17(23)15-10-18-6-7-19-15/h3-10H,11H2,1-2H3,(H,20,23). The molecule has 0 bridgehead atoms. The number of hydrogen-bond donors (Lipinski definition) is 1. The van der Waals surface area contributed by atoms with Crippen molar-refractivity contribution in [3.05, 3.63) is 71.4 Å². The quantitative estimate of drug-likeness (QED) is 0.804. The van der Waals surface area contributed by atoms with Gasteiger partial charge in [-0.25, -0.2) is 9.67 Å². The zero-order valence-corrected chi connectivity index (χ0v) is 13.0. The Kier molecular flexibility index (Phi) is 4.14. The van der Waals surface area contributed by atoms with Crippen molar-refractivity contribution in [1.82, 2.24) is 19.7 Å². The van der Waals surface area contributed by atoms with E-state index in [4.69, 9.17) is 0 Å². The molecule has 0 radical (unpaired) electrons. The second kappa shape index (κ2) is 6.39. The Bertz CT molecular complexity index is 826. The fraction of sp³-hybridized carbons (Fsp3) is 0.176. The minimum atomic E-state index is -0.302. The molecule has 0 unspecified atom stereocenters.